The van der Waals surface area contributed by atoms with Crippen LogP contribution in [0.15, 0.2) is 33.9 Å². The number of nitrogens with zero attached hydrogens (tertiary/aromatic N) is 4. The van der Waals surface area contributed by atoms with Gasteiger partial charge in [0.25, 0.3) is 5.22 Å². The molecule has 8 nitrogen and oxygen atoms in total. The second kappa shape index (κ2) is 8.28. The van der Waals surface area contributed by atoms with Gasteiger partial charge in [-0.05, 0) is 37.6 Å². The minimum atomic E-state index is -0.423. The Morgan fingerprint density at radius 1 is 1.27 bits per heavy atom. The lowest BCUT2D eigenvalue weighted by atomic mass is 10.2. The summed E-state index contributed by atoms with van der Waals surface area (Å²) in [6.45, 7) is 3.75. The van der Waals surface area contributed by atoms with Crippen LogP contribution in [0, 0.1) is 0 Å². The highest BCUT2D eigenvalue weighted by molar-refractivity contribution is 8.00. The van der Waals surface area contributed by atoms with Crippen LogP contribution in [-0.2, 0) is 11.2 Å². The Balaban J connectivity index is 1.61. The summed E-state index contributed by atoms with van der Waals surface area (Å²) in [5.74, 6) is 0.938. The molecule has 0 saturated heterocycles. The lowest BCUT2D eigenvalue weighted by Gasteiger charge is -2.06. The molecule has 26 heavy (non-hydrogen) atoms. The minimum absolute atomic E-state index is 0.196. The molecule has 0 aliphatic rings. The number of anilines is 1. The second-order valence-corrected chi connectivity index (χ2v) is 7.56. The molecular formula is C16H17N5O3S2. The van der Waals surface area contributed by atoms with Gasteiger partial charge in [0.1, 0.15) is 10.8 Å². The summed E-state index contributed by atoms with van der Waals surface area (Å²) in [6.07, 6.45) is 0.786. The van der Waals surface area contributed by atoms with Crippen molar-refractivity contribution < 1.29 is 13.9 Å². The molecule has 3 aromatic rings. The molecule has 0 fully saturated rings. The molecule has 3 rings (SSSR count). The number of aromatic nitrogens is 4. The SMILES string of the molecule is CCc1nnc(NC(=O)[C@H](C)Sc2nnc(-c3ccc(OC)cc3)o2)s1. The smallest absolute Gasteiger partial charge is 0.277 e. The number of ether oxygens (including phenoxy) is 1. The van der Waals surface area contributed by atoms with Gasteiger partial charge in [-0.1, -0.05) is 30.0 Å². The zero-order valence-corrected chi connectivity index (χ0v) is 16.1. The van der Waals surface area contributed by atoms with Gasteiger partial charge < -0.3 is 9.15 Å². The first-order valence-corrected chi connectivity index (χ1v) is 9.56. The number of hydrogen-bond acceptors (Lipinski definition) is 9. The molecule has 0 spiro atoms. The fourth-order valence-electron chi connectivity index (χ4n) is 1.97. The third-order valence-electron chi connectivity index (χ3n) is 3.39. The molecule has 136 valence electrons. The molecule has 1 aromatic carbocycles. The molecule has 0 radical (unpaired) electrons. The lowest BCUT2D eigenvalue weighted by Crippen LogP contribution is -2.22. The van der Waals surface area contributed by atoms with Gasteiger partial charge in [0, 0.05) is 5.56 Å². The normalized spacial score (nSPS) is 12.0. The van der Waals surface area contributed by atoms with E-state index in [1.807, 2.05) is 31.2 Å². The number of amides is 1. The van der Waals surface area contributed by atoms with Crippen molar-refractivity contribution in [3.63, 3.8) is 0 Å². The van der Waals surface area contributed by atoms with Gasteiger partial charge in [-0.15, -0.1) is 20.4 Å². The van der Waals surface area contributed by atoms with Crippen LogP contribution >= 0.6 is 23.1 Å². The molecule has 0 aliphatic heterocycles. The van der Waals surface area contributed by atoms with Crippen molar-refractivity contribution in [1.82, 2.24) is 20.4 Å². The van der Waals surface area contributed by atoms with Gasteiger partial charge in [-0.2, -0.15) is 0 Å². The summed E-state index contributed by atoms with van der Waals surface area (Å²) >= 11 is 2.55. The number of thioether (sulfide) groups is 1. The molecule has 10 heteroatoms. The highest BCUT2D eigenvalue weighted by Gasteiger charge is 2.20. The zero-order valence-electron chi connectivity index (χ0n) is 14.4. The van der Waals surface area contributed by atoms with Crippen molar-refractivity contribution >= 4 is 34.1 Å². The Morgan fingerprint density at radius 2 is 2.04 bits per heavy atom. The molecule has 2 aromatic heterocycles. The number of nitrogens with one attached hydrogen (secondary N) is 1. The standard InChI is InChI=1S/C16H17N5O3S2/c1-4-12-18-20-15(26-12)17-13(22)9(2)25-16-21-19-14(24-16)10-5-7-11(23-3)8-6-10/h5-9H,4H2,1-3H3,(H,17,20,22)/t9-/m0/s1. The van der Waals surface area contributed by atoms with Crippen LogP contribution in [0.25, 0.3) is 11.5 Å². The predicted molar refractivity (Wildman–Crippen MR) is 99.5 cm³/mol. The first-order valence-electron chi connectivity index (χ1n) is 7.87. The maximum absolute atomic E-state index is 12.3. The average Bonchev–Trinajstić information content (AvgIpc) is 3.31. The van der Waals surface area contributed by atoms with E-state index in [-0.39, 0.29) is 5.91 Å². The van der Waals surface area contributed by atoms with Crippen molar-refractivity contribution in [2.75, 3.05) is 12.4 Å². The number of hydrogen-bond donors (Lipinski definition) is 1. The fraction of sp³-hybridized carbons (Fsp3) is 0.312. The van der Waals surface area contributed by atoms with E-state index in [1.165, 1.54) is 23.1 Å². The van der Waals surface area contributed by atoms with E-state index in [0.29, 0.717) is 16.2 Å². The number of benzene rings is 1. The topological polar surface area (TPSA) is 103 Å². The van der Waals surface area contributed by atoms with E-state index >= 15 is 0 Å². The Morgan fingerprint density at radius 3 is 2.69 bits per heavy atom. The number of rotatable bonds is 7. The first-order chi connectivity index (χ1) is 12.6. The summed E-state index contributed by atoms with van der Waals surface area (Å²) < 4.78 is 10.8. The van der Waals surface area contributed by atoms with E-state index < -0.39 is 5.25 Å². The zero-order chi connectivity index (χ0) is 18.5. The van der Waals surface area contributed by atoms with E-state index in [4.69, 9.17) is 9.15 Å². The Hall–Kier alpha value is -2.46. The van der Waals surface area contributed by atoms with Crippen LogP contribution in [0.2, 0.25) is 0 Å². The van der Waals surface area contributed by atoms with Crippen LogP contribution in [0.1, 0.15) is 18.9 Å². The quantitative estimate of drug-likeness (QED) is 0.612. The molecule has 2 heterocycles. The highest BCUT2D eigenvalue weighted by Crippen LogP contribution is 2.28. The lowest BCUT2D eigenvalue weighted by molar-refractivity contribution is -0.115. The first kappa shape index (κ1) is 18.3. The third kappa shape index (κ3) is 4.38. The van der Waals surface area contributed by atoms with Crippen molar-refractivity contribution in [3.8, 4) is 17.2 Å². The van der Waals surface area contributed by atoms with E-state index in [1.54, 1.807) is 14.0 Å². The molecule has 1 N–H and O–H groups in total. The molecular weight excluding hydrogens is 374 g/mol. The fourth-order valence-corrected chi connectivity index (χ4v) is 3.33. The van der Waals surface area contributed by atoms with Gasteiger partial charge in [0.2, 0.25) is 16.9 Å². The third-order valence-corrected chi connectivity index (χ3v) is 5.31. The predicted octanol–water partition coefficient (Wildman–Crippen LogP) is 3.28. The Bertz CT molecular complexity index is 878. The average molecular weight is 391 g/mol. The number of methoxy groups -OCH3 is 1. The summed E-state index contributed by atoms with van der Waals surface area (Å²) in [5, 5.41) is 19.9. The second-order valence-electron chi connectivity index (χ2n) is 5.21. The van der Waals surface area contributed by atoms with Crippen LogP contribution in [0.3, 0.4) is 0 Å². The van der Waals surface area contributed by atoms with Gasteiger partial charge in [-0.25, -0.2) is 0 Å². The van der Waals surface area contributed by atoms with E-state index in [9.17, 15) is 4.79 Å². The Kier molecular flexibility index (Phi) is 5.84. The van der Waals surface area contributed by atoms with Crippen molar-refractivity contribution in [2.24, 2.45) is 0 Å². The number of aryl methyl sites for hydroxylation is 1. The van der Waals surface area contributed by atoms with Crippen LogP contribution in [-0.4, -0.2) is 38.7 Å². The van der Waals surface area contributed by atoms with Gasteiger partial charge >= 0.3 is 0 Å². The minimum Gasteiger partial charge on any atom is -0.497 e. The highest BCUT2D eigenvalue weighted by atomic mass is 32.2. The molecule has 0 bridgehead atoms. The van der Waals surface area contributed by atoms with Crippen molar-refractivity contribution in [1.29, 1.82) is 0 Å². The molecule has 0 saturated carbocycles. The van der Waals surface area contributed by atoms with Gasteiger partial charge in [0.05, 0.1) is 12.4 Å². The molecule has 0 unspecified atom stereocenters. The largest absolute Gasteiger partial charge is 0.497 e. The van der Waals surface area contributed by atoms with Crippen LogP contribution in [0.5, 0.6) is 5.75 Å². The Labute approximate surface area is 158 Å². The summed E-state index contributed by atoms with van der Waals surface area (Å²) in [6, 6.07) is 7.29. The van der Waals surface area contributed by atoms with Gasteiger partial charge in [0.15, 0.2) is 0 Å². The van der Waals surface area contributed by atoms with Crippen molar-refractivity contribution in [3.05, 3.63) is 29.3 Å². The van der Waals surface area contributed by atoms with Crippen molar-refractivity contribution in [2.45, 2.75) is 30.7 Å². The van der Waals surface area contributed by atoms with E-state index in [0.717, 1.165) is 22.7 Å². The molecule has 1 atom stereocenters. The van der Waals surface area contributed by atoms with E-state index in [2.05, 4.69) is 25.7 Å². The summed E-state index contributed by atoms with van der Waals surface area (Å²) in [7, 11) is 1.60. The van der Waals surface area contributed by atoms with Crippen LogP contribution < -0.4 is 10.1 Å². The van der Waals surface area contributed by atoms with Crippen LogP contribution in [0.4, 0.5) is 5.13 Å². The molecule has 0 aliphatic carbocycles. The molecule has 1 amide bonds. The summed E-state index contributed by atoms with van der Waals surface area (Å²) in [4.78, 5) is 12.3. The maximum Gasteiger partial charge on any atom is 0.277 e. The number of carbonyl (C=O) groups is 1. The number of carbonyl (C=O) groups excluding carboxylic acids is 1. The van der Waals surface area contributed by atoms with Gasteiger partial charge in [-0.3, -0.25) is 10.1 Å². The maximum atomic E-state index is 12.3. The summed E-state index contributed by atoms with van der Waals surface area (Å²) in [5.41, 5.74) is 0.781. The monoisotopic (exact) mass is 391 g/mol.